The van der Waals surface area contributed by atoms with Crippen LogP contribution in [0.25, 0.3) is 5.57 Å². The van der Waals surface area contributed by atoms with E-state index in [4.69, 9.17) is 0 Å². The largest absolute Gasteiger partial charge is 0.366 e. The number of rotatable bonds is 6. The highest BCUT2D eigenvalue weighted by Gasteiger charge is 2.42. The molecule has 3 aromatic carbocycles. The van der Waals surface area contributed by atoms with Gasteiger partial charge in [0.1, 0.15) is 5.70 Å². The van der Waals surface area contributed by atoms with Crippen LogP contribution in [0, 0.1) is 12.8 Å². The Morgan fingerprint density at radius 1 is 0.735 bits per heavy atom. The zero-order valence-electron chi connectivity index (χ0n) is 19.6. The van der Waals surface area contributed by atoms with Crippen molar-refractivity contribution in [3.05, 3.63) is 113 Å². The molecule has 4 nitrogen and oxygen atoms in total. The average molecular weight is 451 g/mol. The van der Waals surface area contributed by atoms with E-state index in [9.17, 15) is 9.59 Å². The SMILES string of the molecule is Cc1ccc(CN2C(=O)C(c3ccccc3)=C(N3CCC(Cc4ccccc4)CC3)C2=O)cc1. The number of carbonyl (C=O) groups is 2. The number of hydrogen-bond donors (Lipinski definition) is 0. The summed E-state index contributed by atoms with van der Waals surface area (Å²) in [6.45, 7) is 3.91. The van der Waals surface area contributed by atoms with Crippen molar-refractivity contribution in [3.8, 4) is 0 Å². The Kier molecular flexibility index (Phi) is 6.31. The fourth-order valence-electron chi connectivity index (χ4n) is 5.05. The van der Waals surface area contributed by atoms with Crippen LogP contribution in [0.2, 0.25) is 0 Å². The second-order valence-corrected chi connectivity index (χ2v) is 9.39. The summed E-state index contributed by atoms with van der Waals surface area (Å²) in [6, 6.07) is 28.3. The Labute approximate surface area is 201 Å². The van der Waals surface area contributed by atoms with Crippen molar-refractivity contribution in [2.75, 3.05) is 13.1 Å². The molecule has 0 spiro atoms. The number of piperidine rings is 1. The van der Waals surface area contributed by atoms with Crippen LogP contribution in [0.1, 0.15) is 35.1 Å². The second-order valence-electron chi connectivity index (χ2n) is 9.39. The highest BCUT2D eigenvalue weighted by molar-refractivity contribution is 6.35. The number of nitrogens with zero attached hydrogens (tertiary/aromatic N) is 2. The lowest BCUT2D eigenvalue weighted by molar-refractivity contribution is -0.138. The Morgan fingerprint density at radius 2 is 1.35 bits per heavy atom. The second kappa shape index (κ2) is 9.68. The number of aryl methyl sites for hydroxylation is 1. The van der Waals surface area contributed by atoms with E-state index in [0.717, 1.165) is 49.0 Å². The van der Waals surface area contributed by atoms with E-state index in [1.165, 1.54) is 10.5 Å². The Balaban J connectivity index is 1.38. The van der Waals surface area contributed by atoms with Crippen LogP contribution >= 0.6 is 0 Å². The summed E-state index contributed by atoms with van der Waals surface area (Å²) in [5, 5.41) is 0. The number of likely N-dealkylation sites (tertiary alicyclic amines) is 1. The smallest absolute Gasteiger partial charge is 0.278 e. The van der Waals surface area contributed by atoms with E-state index in [1.807, 2.05) is 61.5 Å². The predicted octanol–water partition coefficient (Wildman–Crippen LogP) is 5.23. The van der Waals surface area contributed by atoms with E-state index >= 15 is 0 Å². The zero-order chi connectivity index (χ0) is 23.5. The van der Waals surface area contributed by atoms with E-state index in [-0.39, 0.29) is 11.8 Å². The minimum atomic E-state index is -0.196. The molecule has 1 fully saturated rings. The number of carbonyl (C=O) groups excluding carboxylic acids is 2. The molecule has 34 heavy (non-hydrogen) atoms. The number of benzene rings is 3. The molecular formula is C30H30N2O2. The summed E-state index contributed by atoms with van der Waals surface area (Å²) in [5.41, 5.74) is 5.41. The molecule has 0 N–H and O–H groups in total. The molecule has 3 aromatic rings. The van der Waals surface area contributed by atoms with Gasteiger partial charge in [-0.2, -0.15) is 0 Å². The predicted molar refractivity (Wildman–Crippen MR) is 135 cm³/mol. The first-order valence-corrected chi connectivity index (χ1v) is 12.1. The molecule has 4 heteroatoms. The van der Waals surface area contributed by atoms with Gasteiger partial charge in [0, 0.05) is 13.1 Å². The number of imide groups is 1. The molecule has 0 aliphatic carbocycles. The molecule has 0 unspecified atom stereocenters. The highest BCUT2D eigenvalue weighted by atomic mass is 16.2. The summed E-state index contributed by atoms with van der Waals surface area (Å²) < 4.78 is 0. The first kappa shape index (κ1) is 22.1. The summed E-state index contributed by atoms with van der Waals surface area (Å²) in [5.74, 6) is 0.222. The molecule has 2 heterocycles. The molecule has 1 saturated heterocycles. The van der Waals surface area contributed by atoms with Crippen LogP contribution in [0.4, 0.5) is 0 Å². The van der Waals surface area contributed by atoms with E-state index in [2.05, 4.69) is 35.2 Å². The molecular weight excluding hydrogens is 420 g/mol. The molecule has 172 valence electrons. The van der Waals surface area contributed by atoms with Gasteiger partial charge < -0.3 is 4.90 Å². The van der Waals surface area contributed by atoms with Crippen molar-refractivity contribution < 1.29 is 9.59 Å². The van der Waals surface area contributed by atoms with Crippen molar-refractivity contribution in [2.24, 2.45) is 5.92 Å². The first-order valence-electron chi connectivity index (χ1n) is 12.1. The van der Waals surface area contributed by atoms with Gasteiger partial charge in [0.05, 0.1) is 12.1 Å². The minimum absolute atomic E-state index is 0.175. The third-order valence-electron chi connectivity index (χ3n) is 6.97. The molecule has 0 aromatic heterocycles. The van der Waals surface area contributed by atoms with Crippen molar-refractivity contribution in [3.63, 3.8) is 0 Å². The Bertz CT molecular complexity index is 1190. The van der Waals surface area contributed by atoms with Crippen LogP contribution in [0.3, 0.4) is 0 Å². The fraction of sp³-hybridized carbons (Fsp3) is 0.267. The van der Waals surface area contributed by atoms with Gasteiger partial charge in [-0.25, -0.2) is 0 Å². The van der Waals surface area contributed by atoms with Gasteiger partial charge in [0.15, 0.2) is 0 Å². The maximum Gasteiger partial charge on any atom is 0.278 e. The molecule has 0 radical (unpaired) electrons. The first-order chi connectivity index (χ1) is 16.6. The van der Waals surface area contributed by atoms with Crippen LogP contribution < -0.4 is 0 Å². The summed E-state index contributed by atoms with van der Waals surface area (Å²) >= 11 is 0. The molecule has 0 atom stereocenters. The van der Waals surface area contributed by atoms with E-state index in [0.29, 0.717) is 23.7 Å². The van der Waals surface area contributed by atoms with Gasteiger partial charge in [-0.05, 0) is 48.8 Å². The molecule has 0 saturated carbocycles. The molecule has 2 aliphatic rings. The minimum Gasteiger partial charge on any atom is -0.366 e. The normalized spacial score (nSPS) is 17.1. The zero-order valence-corrected chi connectivity index (χ0v) is 19.6. The van der Waals surface area contributed by atoms with E-state index < -0.39 is 0 Å². The van der Waals surface area contributed by atoms with Crippen molar-refractivity contribution in [1.29, 1.82) is 0 Å². The maximum atomic E-state index is 13.6. The molecule has 2 amide bonds. The fourth-order valence-corrected chi connectivity index (χ4v) is 5.05. The van der Waals surface area contributed by atoms with Gasteiger partial charge in [0.2, 0.25) is 0 Å². The lowest BCUT2D eigenvalue weighted by atomic mass is 9.89. The van der Waals surface area contributed by atoms with Gasteiger partial charge in [0.25, 0.3) is 11.8 Å². The van der Waals surface area contributed by atoms with Gasteiger partial charge >= 0.3 is 0 Å². The highest BCUT2D eigenvalue weighted by Crippen LogP contribution is 2.35. The van der Waals surface area contributed by atoms with Crippen LogP contribution in [0.15, 0.2) is 90.6 Å². The lowest BCUT2D eigenvalue weighted by Crippen LogP contribution is -2.38. The summed E-state index contributed by atoms with van der Waals surface area (Å²) in [6.07, 6.45) is 3.09. The molecule has 5 rings (SSSR count). The van der Waals surface area contributed by atoms with Crippen molar-refractivity contribution >= 4 is 17.4 Å². The monoisotopic (exact) mass is 450 g/mol. The Hall–Kier alpha value is -3.66. The quantitative estimate of drug-likeness (QED) is 0.483. The van der Waals surface area contributed by atoms with Crippen LogP contribution in [0.5, 0.6) is 0 Å². The maximum absolute atomic E-state index is 13.6. The van der Waals surface area contributed by atoms with Gasteiger partial charge in [-0.3, -0.25) is 14.5 Å². The Morgan fingerprint density at radius 3 is 2.00 bits per heavy atom. The molecule has 0 bridgehead atoms. The summed E-state index contributed by atoms with van der Waals surface area (Å²) in [4.78, 5) is 30.8. The third kappa shape index (κ3) is 4.54. The standard InChI is InChI=1S/C30H30N2O2/c1-22-12-14-25(15-13-22)21-32-29(33)27(26-10-6-3-7-11-26)28(30(32)34)31-18-16-24(17-19-31)20-23-8-4-2-5-9-23/h2-15,24H,16-21H2,1H3. The van der Waals surface area contributed by atoms with Crippen molar-refractivity contribution in [2.45, 2.75) is 32.7 Å². The van der Waals surface area contributed by atoms with E-state index in [1.54, 1.807) is 0 Å². The number of hydrogen-bond acceptors (Lipinski definition) is 3. The van der Waals surface area contributed by atoms with Crippen LogP contribution in [-0.4, -0.2) is 34.7 Å². The molecule has 2 aliphatic heterocycles. The topological polar surface area (TPSA) is 40.6 Å². The number of amides is 2. The van der Waals surface area contributed by atoms with Crippen molar-refractivity contribution in [1.82, 2.24) is 9.80 Å². The third-order valence-corrected chi connectivity index (χ3v) is 6.97. The lowest BCUT2D eigenvalue weighted by Gasteiger charge is -2.34. The van der Waals surface area contributed by atoms with Gasteiger partial charge in [-0.1, -0.05) is 90.5 Å². The summed E-state index contributed by atoms with van der Waals surface area (Å²) in [7, 11) is 0. The van der Waals surface area contributed by atoms with Gasteiger partial charge in [-0.15, -0.1) is 0 Å². The average Bonchev–Trinajstić information content (AvgIpc) is 3.12. The van der Waals surface area contributed by atoms with Crippen LogP contribution in [-0.2, 0) is 22.6 Å².